The summed E-state index contributed by atoms with van der Waals surface area (Å²) in [5, 5.41) is 0. The van der Waals surface area contributed by atoms with Crippen molar-refractivity contribution in [3.63, 3.8) is 0 Å². The Bertz CT molecular complexity index is 583. The molecule has 20 heavy (non-hydrogen) atoms. The number of hydrogen-bond acceptors (Lipinski definition) is 7. The van der Waals surface area contributed by atoms with Crippen LogP contribution in [0, 0.1) is 0 Å². The van der Waals surface area contributed by atoms with Crippen LogP contribution in [-0.2, 0) is 4.74 Å². The molecule has 2 aromatic heterocycles. The second-order valence-electron chi connectivity index (χ2n) is 4.71. The number of likely N-dealkylation sites (N-methyl/N-ethyl adjacent to an activating group) is 1. The van der Waals surface area contributed by atoms with Crippen molar-refractivity contribution in [3.8, 4) is 0 Å². The molecule has 3 heterocycles. The van der Waals surface area contributed by atoms with Gasteiger partial charge in [0.2, 0.25) is 0 Å². The molecular weight excluding hydrogens is 292 g/mol. The number of thioether (sulfide) groups is 1. The maximum Gasteiger partial charge on any atom is 0.176 e. The summed E-state index contributed by atoms with van der Waals surface area (Å²) in [4.78, 5) is 15.6. The molecule has 7 heteroatoms. The van der Waals surface area contributed by atoms with Crippen LogP contribution in [0.1, 0.15) is 19.8 Å². The highest BCUT2D eigenvalue weighted by molar-refractivity contribution is 8.00. The van der Waals surface area contributed by atoms with Crippen LogP contribution in [0.25, 0.3) is 10.3 Å². The van der Waals surface area contributed by atoms with E-state index in [0.717, 1.165) is 46.6 Å². The highest BCUT2D eigenvalue weighted by Gasteiger charge is 2.21. The Labute approximate surface area is 126 Å². The van der Waals surface area contributed by atoms with Gasteiger partial charge in [-0.05, 0) is 26.0 Å². The minimum atomic E-state index is 0.327. The van der Waals surface area contributed by atoms with Crippen LogP contribution in [0.3, 0.4) is 0 Å². The van der Waals surface area contributed by atoms with E-state index < -0.39 is 0 Å². The summed E-state index contributed by atoms with van der Waals surface area (Å²) in [5.41, 5.74) is 0.801. The quantitative estimate of drug-likeness (QED) is 0.792. The molecule has 0 aromatic carbocycles. The first-order valence-corrected chi connectivity index (χ1v) is 8.88. The third kappa shape index (κ3) is 2.75. The fourth-order valence-electron chi connectivity index (χ4n) is 2.44. The maximum atomic E-state index is 5.74. The van der Waals surface area contributed by atoms with Crippen molar-refractivity contribution in [3.05, 3.63) is 6.33 Å². The van der Waals surface area contributed by atoms with Crippen LogP contribution in [0.4, 0.5) is 5.82 Å². The van der Waals surface area contributed by atoms with Gasteiger partial charge in [0.15, 0.2) is 15.8 Å². The van der Waals surface area contributed by atoms with Gasteiger partial charge in [-0.25, -0.2) is 15.0 Å². The zero-order chi connectivity index (χ0) is 13.9. The van der Waals surface area contributed by atoms with Gasteiger partial charge in [0.25, 0.3) is 0 Å². The van der Waals surface area contributed by atoms with Crippen molar-refractivity contribution in [2.24, 2.45) is 0 Å². The highest BCUT2D eigenvalue weighted by atomic mass is 32.2. The Hall–Kier alpha value is -0.920. The molecule has 0 radical (unpaired) electrons. The molecular formula is C13H18N4OS2. The van der Waals surface area contributed by atoms with E-state index in [1.54, 1.807) is 29.4 Å². The normalized spacial score (nSPS) is 18.8. The van der Waals surface area contributed by atoms with Crippen LogP contribution < -0.4 is 4.90 Å². The molecule has 108 valence electrons. The van der Waals surface area contributed by atoms with Gasteiger partial charge in [0, 0.05) is 19.7 Å². The summed E-state index contributed by atoms with van der Waals surface area (Å²) < 4.78 is 7.86. The number of nitrogens with zero attached hydrogens (tertiary/aromatic N) is 4. The largest absolute Gasteiger partial charge is 0.376 e. The lowest BCUT2D eigenvalue weighted by Gasteiger charge is -2.24. The lowest BCUT2D eigenvalue weighted by molar-refractivity contribution is 0.115. The molecule has 1 atom stereocenters. The van der Waals surface area contributed by atoms with E-state index >= 15 is 0 Å². The Kier molecular flexibility index (Phi) is 4.38. The van der Waals surface area contributed by atoms with E-state index in [-0.39, 0.29) is 0 Å². The van der Waals surface area contributed by atoms with Crippen molar-refractivity contribution in [1.29, 1.82) is 0 Å². The van der Waals surface area contributed by atoms with Gasteiger partial charge in [-0.1, -0.05) is 11.8 Å². The first-order chi connectivity index (χ1) is 9.81. The molecule has 0 spiro atoms. The number of ether oxygens (including phenoxy) is 1. The number of rotatable bonds is 5. The minimum absolute atomic E-state index is 0.327. The molecule has 2 aromatic rings. The fourth-order valence-corrected chi connectivity index (χ4v) is 3.97. The van der Waals surface area contributed by atoms with E-state index in [2.05, 4.69) is 26.8 Å². The second kappa shape index (κ2) is 6.24. The molecule has 0 N–H and O–H groups in total. The number of anilines is 1. The molecule has 1 aliphatic heterocycles. The third-order valence-corrected chi connectivity index (χ3v) is 5.48. The van der Waals surface area contributed by atoms with Crippen LogP contribution in [-0.4, -0.2) is 47.0 Å². The first kappa shape index (κ1) is 14.0. The van der Waals surface area contributed by atoms with Crippen molar-refractivity contribution in [2.75, 3.05) is 30.9 Å². The highest BCUT2D eigenvalue weighted by Crippen LogP contribution is 2.33. The number of thiazole rings is 1. The zero-order valence-corrected chi connectivity index (χ0v) is 13.3. The molecule has 5 nitrogen and oxygen atoms in total. The summed E-state index contributed by atoms with van der Waals surface area (Å²) >= 11 is 3.32. The zero-order valence-electron chi connectivity index (χ0n) is 11.7. The number of hydrogen-bond donors (Lipinski definition) is 0. The van der Waals surface area contributed by atoms with E-state index in [9.17, 15) is 0 Å². The first-order valence-electron chi connectivity index (χ1n) is 6.84. The smallest absolute Gasteiger partial charge is 0.176 e. The summed E-state index contributed by atoms with van der Waals surface area (Å²) in [7, 11) is 0. The summed E-state index contributed by atoms with van der Waals surface area (Å²) in [6.45, 7) is 4.85. The van der Waals surface area contributed by atoms with Gasteiger partial charge in [-0.15, -0.1) is 11.3 Å². The van der Waals surface area contributed by atoms with Crippen molar-refractivity contribution in [1.82, 2.24) is 15.0 Å². The molecule has 1 unspecified atom stereocenters. The topological polar surface area (TPSA) is 51.1 Å². The monoisotopic (exact) mass is 310 g/mol. The summed E-state index contributed by atoms with van der Waals surface area (Å²) in [5.74, 6) is 0.991. The maximum absolute atomic E-state index is 5.74. The molecule has 1 aliphatic rings. The van der Waals surface area contributed by atoms with Gasteiger partial charge in [-0.3, -0.25) is 0 Å². The molecule has 3 rings (SSSR count). The van der Waals surface area contributed by atoms with Gasteiger partial charge in [-0.2, -0.15) is 0 Å². The van der Waals surface area contributed by atoms with Crippen LogP contribution >= 0.6 is 23.1 Å². The van der Waals surface area contributed by atoms with Gasteiger partial charge in [0.1, 0.15) is 11.0 Å². The predicted octanol–water partition coefficient (Wildman–Crippen LogP) is 2.81. The Morgan fingerprint density at radius 2 is 2.40 bits per heavy atom. The van der Waals surface area contributed by atoms with Gasteiger partial charge >= 0.3 is 0 Å². The number of aromatic nitrogens is 3. The molecule has 0 aliphatic carbocycles. The average molecular weight is 310 g/mol. The standard InChI is InChI=1S/C13H18N4OS2/c1-3-17(7-9-5-4-6-18-9)12-10-11(14-8-15-12)16-13(19-2)20-10/h8-9H,3-7H2,1-2H3. The molecule has 1 saturated heterocycles. The van der Waals surface area contributed by atoms with Gasteiger partial charge in [0.05, 0.1) is 6.10 Å². The molecule has 0 saturated carbocycles. The minimum Gasteiger partial charge on any atom is -0.376 e. The summed E-state index contributed by atoms with van der Waals surface area (Å²) in [6, 6.07) is 0. The van der Waals surface area contributed by atoms with E-state index in [4.69, 9.17) is 4.74 Å². The lowest BCUT2D eigenvalue weighted by Crippen LogP contribution is -2.32. The SMILES string of the molecule is CCN(CC1CCCO1)c1ncnc2nc(SC)sc12. The summed E-state index contributed by atoms with van der Waals surface area (Å²) in [6.07, 6.45) is 6.28. The van der Waals surface area contributed by atoms with Crippen LogP contribution in [0.5, 0.6) is 0 Å². The van der Waals surface area contributed by atoms with Crippen molar-refractivity contribution >= 4 is 39.3 Å². The molecule has 1 fully saturated rings. The molecule has 0 bridgehead atoms. The Balaban J connectivity index is 1.91. The fraction of sp³-hybridized carbons (Fsp3) is 0.615. The Morgan fingerprint density at radius 1 is 1.50 bits per heavy atom. The number of fused-ring (bicyclic) bond motifs is 1. The van der Waals surface area contributed by atoms with Crippen LogP contribution in [0.2, 0.25) is 0 Å². The van der Waals surface area contributed by atoms with Crippen LogP contribution in [0.15, 0.2) is 10.7 Å². The predicted molar refractivity (Wildman–Crippen MR) is 83.9 cm³/mol. The Morgan fingerprint density at radius 3 is 3.10 bits per heavy atom. The molecule has 0 amide bonds. The van der Waals surface area contributed by atoms with Gasteiger partial charge < -0.3 is 9.64 Å². The van der Waals surface area contributed by atoms with E-state index in [1.807, 2.05) is 6.26 Å². The van der Waals surface area contributed by atoms with E-state index in [0.29, 0.717) is 6.10 Å². The second-order valence-corrected chi connectivity index (χ2v) is 6.76. The third-order valence-electron chi connectivity index (χ3n) is 3.46. The lowest BCUT2D eigenvalue weighted by atomic mass is 10.2. The average Bonchev–Trinajstić information content (AvgIpc) is 3.12. The van der Waals surface area contributed by atoms with E-state index in [1.165, 1.54) is 6.42 Å². The van der Waals surface area contributed by atoms with Crippen molar-refractivity contribution < 1.29 is 4.74 Å². The van der Waals surface area contributed by atoms with Crippen molar-refractivity contribution in [2.45, 2.75) is 30.2 Å².